The Labute approximate surface area is 193 Å². The van der Waals surface area contributed by atoms with Gasteiger partial charge in [-0.2, -0.15) is 5.10 Å². The first-order valence-corrected chi connectivity index (χ1v) is 9.72. The van der Waals surface area contributed by atoms with E-state index in [1.54, 1.807) is 36.4 Å². The summed E-state index contributed by atoms with van der Waals surface area (Å²) in [5.41, 5.74) is 2.04. The van der Waals surface area contributed by atoms with Crippen molar-refractivity contribution in [2.75, 3.05) is 12.4 Å². The van der Waals surface area contributed by atoms with Crippen molar-refractivity contribution < 1.29 is 28.8 Å². The number of carbonyl (C=O) groups excluding carboxylic acids is 3. The molecule has 0 aliphatic rings. The van der Waals surface area contributed by atoms with E-state index in [1.165, 1.54) is 43.5 Å². The van der Waals surface area contributed by atoms with Crippen LogP contribution in [0.15, 0.2) is 77.9 Å². The lowest BCUT2D eigenvalue weighted by molar-refractivity contribution is -0.385. The molecule has 0 spiro atoms. The van der Waals surface area contributed by atoms with Gasteiger partial charge in [0.25, 0.3) is 5.69 Å². The van der Waals surface area contributed by atoms with Gasteiger partial charge in [0.1, 0.15) is 17.1 Å². The molecule has 172 valence electrons. The molecule has 0 aromatic heterocycles. The van der Waals surface area contributed by atoms with Crippen LogP contribution in [0.2, 0.25) is 0 Å². The van der Waals surface area contributed by atoms with E-state index in [0.29, 0.717) is 11.4 Å². The van der Waals surface area contributed by atoms with E-state index >= 15 is 0 Å². The lowest BCUT2D eigenvalue weighted by Gasteiger charge is -2.09. The van der Waals surface area contributed by atoms with Crippen LogP contribution in [0.3, 0.4) is 0 Å². The fourth-order valence-electron chi connectivity index (χ4n) is 2.78. The van der Waals surface area contributed by atoms with Gasteiger partial charge in [0, 0.05) is 11.6 Å². The second kappa shape index (κ2) is 11.0. The van der Waals surface area contributed by atoms with Gasteiger partial charge in [0.05, 0.1) is 23.9 Å². The van der Waals surface area contributed by atoms with Crippen LogP contribution in [-0.2, 0) is 9.59 Å². The third-order valence-electron chi connectivity index (χ3n) is 4.37. The van der Waals surface area contributed by atoms with Crippen molar-refractivity contribution in [2.24, 2.45) is 5.10 Å². The number of hydrogen-bond acceptors (Lipinski definition) is 8. The number of rotatable bonds is 7. The highest BCUT2D eigenvalue weighted by molar-refractivity contribution is 6.39. The molecule has 0 aliphatic heterocycles. The molecule has 0 heterocycles. The number of methoxy groups -OCH3 is 1. The summed E-state index contributed by atoms with van der Waals surface area (Å²) < 4.78 is 10.4. The standard InChI is InChI=1S/C23H18N4O7/c1-33-20-13-7-4-10-17(20)25-21(28)22(29)26-24-14-15-8-2-6-12-19(15)34-23(30)16-9-3-5-11-18(16)27(31)32/h2-14H,1H3,(H,25,28)(H,26,29)/b24-14+. The minimum absolute atomic E-state index is 0.0436. The molecule has 0 atom stereocenters. The number of amides is 2. The predicted molar refractivity (Wildman–Crippen MR) is 122 cm³/mol. The molecular weight excluding hydrogens is 444 g/mol. The Bertz CT molecular complexity index is 1270. The normalized spacial score (nSPS) is 10.4. The fraction of sp³-hybridized carbons (Fsp3) is 0.0435. The van der Waals surface area contributed by atoms with E-state index in [9.17, 15) is 24.5 Å². The molecular formula is C23H18N4O7. The van der Waals surface area contributed by atoms with E-state index in [4.69, 9.17) is 9.47 Å². The number of hydrogen-bond donors (Lipinski definition) is 2. The zero-order chi connectivity index (χ0) is 24.5. The summed E-state index contributed by atoms with van der Waals surface area (Å²) in [5.74, 6) is -2.54. The Kier molecular flexibility index (Phi) is 7.63. The van der Waals surface area contributed by atoms with Crippen LogP contribution in [0.5, 0.6) is 11.5 Å². The number of ether oxygens (including phenoxy) is 2. The van der Waals surface area contributed by atoms with Crippen molar-refractivity contribution >= 4 is 35.4 Å². The number of nitrogens with one attached hydrogen (secondary N) is 2. The van der Waals surface area contributed by atoms with E-state index in [2.05, 4.69) is 15.8 Å². The summed E-state index contributed by atoms with van der Waals surface area (Å²) in [6, 6.07) is 18.1. The maximum Gasteiger partial charge on any atom is 0.350 e. The number of para-hydroxylation sites is 4. The summed E-state index contributed by atoms with van der Waals surface area (Å²) >= 11 is 0. The number of carbonyl (C=O) groups is 3. The van der Waals surface area contributed by atoms with Crippen LogP contribution < -0.4 is 20.2 Å². The Morgan fingerprint density at radius 2 is 1.56 bits per heavy atom. The molecule has 11 nitrogen and oxygen atoms in total. The Morgan fingerprint density at radius 3 is 2.29 bits per heavy atom. The molecule has 3 rings (SSSR count). The monoisotopic (exact) mass is 462 g/mol. The SMILES string of the molecule is COc1ccccc1NC(=O)C(=O)N/N=C/c1ccccc1OC(=O)c1ccccc1[N+](=O)[O-]. The maximum atomic E-state index is 12.5. The molecule has 2 amide bonds. The lowest BCUT2D eigenvalue weighted by Crippen LogP contribution is -2.32. The first-order chi connectivity index (χ1) is 16.4. The molecule has 0 aliphatic carbocycles. The quantitative estimate of drug-likeness (QED) is 0.137. The minimum atomic E-state index is -1.04. The summed E-state index contributed by atoms with van der Waals surface area (Å²) in [6.45, 7) is 0. The zero-order valence-electron chi connectivity index (χ0n) is 17.8. The molecule has 3 aromatic rings. The van der Waals surface area contributed by atoms with Gasteiger partial charge in [0.15, 0.2) is 0 Å². The molecule has 0 fully saturated rings. The van der Waals surface area contributed by atoms with Gasteiger partial charge >= 0.3 is 17.8 Å². The molecule has 34 heavy (non-hydrogen) atoms. The van der Waals surface area contributed by atoms with Gasteiger partial charge in [-0.05, 0) is 30.3 Å². The van der Waals surface area contributed by atoms with Crippen molar-refractivity contribution in [3.8, 4) is 11.5 Å². The maximum absolute atomic E-state index is 12.5. The first kappa shape index (κ1) is 23.6. The van der Waals surface area contributed by atoms with Crippen molar-refractivity contribution in [2.45, 2.75) is 0 Å². The van der Waals surface area contributed by atoms with Crippen LogP contribution in [0.1, 0.15) is 15.9 Å². The highest BCUT2D eigenvalue weighted by atomic mass is 16.6. The van der Waals surface area contributed by atoms with Crippen molar-refractivity contribution in [3.05, 3.63) is 94.0 Å². The largest absolute Gasteiger partial charge is 0.495 e. The Balaban J connectivity index is 1.67. The van der Waals surface area contributed by atoms with E-state index in [-0.39, 0.29) is 16.9 Å². The highest BCUT2D eigenvalue weighted by Gasteiger charge is 2.22. The Morgan fingerprint density at radius 1 is 0.912 bits per heavy atom. The molecule has 0 saturated carbocycles. The lowest BCUT2D eigenvalue weighted by atomic mass is 10.2. The van der Waals surface area contributed by atoms with Crippen LogP contribution in [0.25, 0.3) is 0 Å². The van der Waals surface area contributed by atoms with Crippen molar-refractivity contribution in [3.63, 3.8) is 0 Å². The van der Waals surface area contributed by atoms with Gasteiger partial charge in [-0.1, -0.05) is 36.4 Å². The van der Waals surface area contributed by atoms with Gasteiger partial charge in [0.2, 0.25) is 0 Å². The van der Waals surface area contributed by atoms with Gasteiger partial charge in [-0.25, -0.2) is 10.2 Å². The van der Waals surface area contributed by atoms with Gasteiger partial charge in [-0.15, -0.1) is 0 Å². The summed E-state index contributed by atoms with van der Waals surface area (Å²) in [5, 5.41) is 17.3. The van der Waals surface area contributed by atoms with Crippen LogP contribution in [-0.4, -0.2) is 36.0 Å². The van der Waals surface area contributed by atoms with Crippen LogP contribution in [0, 0.1) is 10.1 Å². The molecule has 2 N–H and O–H groups in total. The zero-order valence-corrected chi connectivity index (χ0v) is 17.8. The molecule has 0 radical (unpaired) electrons. The molecule has 0 saturated heterocycles. The molecule has 11 heteroatoms. The third-order valence-corrected chi connectivity index (χ3v) is 4.37. The third kappa shape index (κ3) is 5.79. The first-order valence-electron chi connectivity index (χ1n) is 9.72. The topological polar surface area (TPSA) is 149 Å². The van der Waals surface area contributed by atoms with Gasteiger partial charge in [-0.3, -0.25) is 19.7 Å². The van der Waals surface area contributed by atoms with E-state index in [0.717, 1.165) is 6.21 Å². The van der Waals surface area contributed by atoms with Crippen molar-refractivity contribution in [1.82, 2.24) is 5.43 Å². The number of benzene rings is 3. The van der Waals surface area contributed by atoms with Crippen molar-refractivity contribution in [1.29, 1.82) is 0 Å². The van der Waals surface area contributed by atoms with Gasteiger partial charge < -0.3 is 14.8 Å². The number of nitrogens with zero attached hydrogens (tertiary/aromatic N) is 2. The number of hydrazone groups is 1. The Hall–Kier alpha value is -5.06. The smallest absolute Gasteiger partial charge is 0.350 e. The van der Waals surface area contributed by atoms with Crippen LogP contribution in [0.4, 0.5) is 11.4 Å². The van der Waals surface area contributed by atoms with Crippen LogP contribution >= 0.6 is 0 Å². The fourth-order valence-corrected chi connectivity index (χ4v) is 2.78. The highest BCUT2D eigenvalue weighted by Crippen LogP contribution is 2.23. The summed E-state index contributed by atoms with van der Waals surface area (Å²) in [7, 11) is 1.43. The number of nitro benzene ring substituents is 1. The van der Waals surface area contributed by atoms with E-state index < -0.39 is 28.4 Å². The average Bonchev–Trinajstić information content (AvgIpc) is 2.85. The average molecular weight is 462 g/mol. The second-order valence-corrected chi connectivity index (χ2v) is 6.56. The molecule has 0 bridgehead atoms. The molecule has 3 aromatic carbocycles. The number of anilines is 1. The number of esters is 1. The summed E-state index contributed by atoms with van der Waals surface area (Å²) in [6.07, 6.45) is 1.16. The minimum Gasteiger partial charge on any atom is -0.495 e. The predicted octanol–water partition coefficient (Wildman–Crippen LogP) is 2.91. The number of nitro groups is 1. The second-order valence-electron chi connectivity index (χ2n) is 6.56. The summed E-state index contributed by atoms with van der Waals surface area (Å²) in [4.78, 5) is 47.1. The molecule has 0 unspecified atom stereocenters. The van der Waals surface area contributed by atoms with E-state index in [1.807, 2.05) is 0 Å².